The minimum atomic E-state index is 0.119. The molecule has 0 saturated carbocycles. The predicted molar refractivity (Wildman–Crippen MR) is 82.9 cm³/mol. The summed E-state index contributed by atoms with van der Waals surface area (Å²) < 4.78 is 0. The molecular formula is C15H16N6. The minimum Gasteiger partial charge on any atom is -0.396 e. The van der Waals surface area contributed by atoms with E-state index in [1.807, 2.05) is 12.2 Å². The molecule has 1 atom stereocenters. The quantitative estimate of drug-likeness (QED) is 0.645. The Hall–Kier alpha value is -2.81. The first-order valence-corrected chi connectivity index (χ1v) is 6.73. The molecule has 0 amide bonds. The van der Waals surface area contributed by atoms with Crippen LogP contribution < -0.4 is 10.6 Å². The summed E-state index contributed by atoms with van der Waals surface area (Å²) in [6.45, 7) is 6.33. The highest BCUT2D eigenvalue weighted by Crippen LogP contribution is 2.18. The van der Waals surface area contributed by atoms with E-state index in [0.29, 0.717) is 11.6 Å². The highest BCUT2D eigenvalue weighted by molar-refractivity contribution is 5.93. The fourth-order valence-corrected chi connectivity index (χ4v) is 2.40. The number of hydrogen-bond donors (Lipinski definition) is 1. The zero-order chi connectivity index (χ0) is 14.7. The second-order valence-corrected chi connectivity index (χ2v) is 4.81. The molecule has 2 N–H and O–H groups in total. The number of hydrogen-bond acceptors (Lipinski definition) is 6. The third-order valence-electron chi connectivity index (χ3n) is 3.48. The standard InChI is InChI=1S/C15H16N6/c1-2-13-11-20(14-5-3-4-6-17-14)7-8-21(13)15-18-9-12(16)10-19-15/h2,5-6,9-10,13H,1,7-8,11,16H2/t13-/m0/s1. The van der Waals surface area contributed by atoms with E-state index in [0.717, 1.165) is 25.5 Å². The Morgan fingerprint density at radius 3 is 2.76 bits per heavy atom. The number of nitrogens with two attached hydrogens (primary N) is 1. The van der Waals surface area contributed by atoms with E-state index in [1.165, 1.54) is 0 Å². The van der Waals surface area contributed by atoms with Gasteiger partial charge in [0.1, 0.15) is 5.84 Å². The Kier molecular flexibility index (Phi) is 3.56. The maximum Gasteiger partial charge on any atom is 0.226 e. The summed E-state index contributed by atoms with van der Waals surface area (Å²) in [5.74, 6) is 1.58. The van der Waals surface area contributed by atoms with Crippen LogP contribution in [0.15, 0.2) is 53.8 Å². The van der Waals surface area contributed by atoms with Crippen molar-refractivity contribution in [2.24, 2.45) is 4.99 Å². The van der Waals surface area contributed by atoms with Crippen LogP contribution in [0.5, 0.6) is 0 Å². The van der Waals surface area contributed by atoms with Crippen LogP contribution in [0.3, 0.4) is 0 Å². The first-order chi connectivity index (χ1) is 10.3. The molecule has 6 heteroatoms. The van der Waals surface area contributed by atoms with Crippen LogP contribution >= 0.6 is 0 Å². The summed E-state index contributed by atoms with van der Waals surface area (Å²) >= 11 is 0. The first kappa shape index (κ1) is 13.2. The van der Waals surface area contributed by atoms with Gasteiger partial charge in [0.05, 0.1) is 30.3 Å². The summed E-state index contributed by atoms with van der Waals surface area (Å²) in [5, 5.41) is 0. The Balaban J connectivity index is 1.76. The van der Waals surface area contributed by atoms with E-state index in [1.54, 1.807) is 18.6 Å². The van der Waals surface area contributed by atoms with Gasteiger partial charge in [0.15, 0.2) is 0 Å². The monoisotopic (exact) mass is 280 g/mol. The number of aromatic nitrogens is 2. The molecule has 0 bridgehead atoms. The molecule has 106 valence electrons. The van der Waals surface area contributed by atoms with E-state index in [-0.39, 0.29) is 6.04 Å². The summed E-state index contributed by atoms with van der Waals surface area (Å²) in [6.07, 6.45) is 8.63. The Morgan fingerprint density at radius 2 is 2.10 bits per heavy atom. The van der Waals surface area contributed by atoms with Crippen LogP contribution in [-0.2, 0) is 0 Å². The zero-order valence-corrected chi connectivity index (χ0v) is 11.6. The van der Waals surface area contributed by atoms with Gasteiger partial charge in [-0.3, -0.25) is 0 Å². The second-order valence-electron chi connectivity index (χ2n) is 4.81. The number of nitrogen functional groups attached to an aromatic ring is 1. The Labute approximate surface area is 123 Å². The molecule has 0 aliphatic carbocycles. The lowest BCUT2D eigenvalue weighted by molar-refractivity contribution is 0.352. The van der Waals surface area contributed by atoms with E-state index >= 15 is 0 Å². The van der Waals surface area contributed by atoms with Crippen LogP contribution in [0.1, 0.15) is 0 Å². The molecule has 1 aromatic rings. The van der Waals surface area contributed by atoms with Gasteiger partial charge in [-0.1, -0.05) is 11.8 Å². The molecule has 21 heavy (non-hydrogen) atoms. The van der Waals surface area contributed by atoms with Crippen molar-refractivity contribution in [1.29, 1.82) is 0 Å². The molecule has 0 radical (unpaired) electrons. The van der Waals surface area contributed by atoms with Crippen LogP contribution in [0.25, 0.3) is 0 Å². The molecule has 0 spiro atoms. The van der Waals surface area contributed by atoms with Crippen molar-refractivity contribution in [3.63, 3.8) is 0 Å². The SMILES string of the molecule is C=C[C@H]1CN(C2=NC=C=C=C2)CCN1c1ncc(N)cn1. The molecule has 1 fully saturated rings. The lowest BCUT2D eigenvalue weighted by Crippen LogP contribution is -2.54. The third-order valence-corrected chi connectivity index (χ3v) is 3.48. The lowest BCUT2D eigenvalue weighted by Gasteiger charge is -2.40. The van der Waals surface area contributed by atoms with Crippen molar-refractivity contribution in [2.75, 3.05) is 30.3 Å². The van der Waals surface area contributed by atoms with E-state index in [4.69, 9.17) is 5.73 Å². The van der Waals surface area contributed by atoms with Gasteiger partial charge in [-0.15, -0.1) is 6.58 Å². The fourth-order valence-electron chi connectivity index (χ4n) is 2.40. The van der Waals surface area contributed by atoms with Crippen LogP contribution in [0.4, 0.5) is 11.6 Å². The molecule has 6 nitrogen and oxygen atoms in total. The van der Waals surface area contributed by atoms with Gasteiger partial charge in [-0.2, -0.15) is 0 Å². The van der Waals surface area contributed by atoms with Gasteiger partial charge < -0.3 is 15.5 Å². The molecule has 3 heterocycles. The predicted octanol–water partition coefficient (Wildman–Crippen LogP) is 0.971. The van der Waals surface area contributed by atoms with Gasteiger partial charge in [0.2, 0.25) is 5.95 Å². The molecule has 1 saturated heterocycles. The van der Waals surface area contributed by atoms with Crippen LogP contribution in [0.2, 0.25) is 0 Å². The molecule has 2 aliphatic rings. The number of aliphatic imine (C=N–C) groups is 1. The molecule has 0 unspecified atom stereocenters. The normalized spacial score (nSPS) is 20.6. The van der Waals surface area contributed by atoms with E-state index in [2.05, 4.69) is 42.8 Å². The average molecular weight is 280 g/mol. The van der Waals surface area contributed by atoms with Crippen molar-refractivity contribution >= 4 is 17.5 Å². The van der Waals surface area contributed by atoms with Gasteiger partial charge in [-0.05, 0) is 5.73 Å². The molecule has 0 aromatic carbocycles. The molecule has 3 rings (SSSR count). The van der Waals surface area contributed by atoms with Crippen molar-refractivity contribution in [3.05, 3.63) is 48.8 Å². The Morgan fingerprint density at radius 1 is 1.29 bits per heavy atom. The highest BCUT2D eigenvalue weighted by Gasteiger charge is 2.27. The maximum atomic E-state index is 5.63. The maximum absolute atomic E-state index is 5.63. The Bertz CT molecular complexity index is 662. The largest absolute Gasteiger partial charge is 0.396 e. The average Bonchev–Trinajstić information content (AvgIpc) is 2.56. The molecular weight excluding hydrogens is 264 g/mol. The van der Waals surface area contributed by atoms with Gasteiger partial charge >= 0.3 is 0 Å². The van der Waals surface area contributed by atoms with Crippen molar-refractivity contribution in [3.8, 4) is 0 Å². The highest BCUT2D eigenvalue weighted by atomic mass is 15.3. The van der Waals surface area contributed by atoms with Crippen LogP contribution in [0, 0.1) is 0 Å². The third kappa shape index (κ3) is 2.72. The fraction of sp³-hybridized carbons (Fsp3) is 0.267. The second kappa shape index (κ2) is 5.67. The number of rotatable bonds is 2. The van der Waals surface area contributed by atoms with Gasteiger partial charge in [0, 0.05) is 25.7 Å². The number of amidine groups is 1. The summed E-state index contributed by atoms with van der Waals surface area (Å²) in [5.41, 5.74) is 11.9. The van der Waals surface area contributed by atoms with E-state index in [9.17, 15) is 0 Å². The lowest BCUT2D eigenvalue weighted by atomic mass is 10.1. The topological polar surface area (TPSA) is 70.6 Å². The van der Waals surface area contributed by atoms with Gasteiger partial charge in [0.25, 0.3) is 0 Å². The van der Waals surface area contributed by atoms with Crippen molar-refractivity contribution in [1.82, 2.24) is 14.9 Å². The van der Waals surface area contributed by atoms with Gasteiger partial charge in [-0.25, -0.2) is 15.0 Å². The van der Waals surface area contributed by atoms with E-state index < -0.39 is 0 Å². The minimum absolute atomic E-state index is 0.119. The number of piperazine rings is 1. The number of anilines is 2. The summed E-state index contributed by atoms with van der Waals surface area (Å²) in [6, 6.07) is 0.119. The smallest absolute Gasteiger partial charge is 0.226 e. The summed E-state index contributed by atoms with van der Waals surface area (Å²) in [4.78, 5) is 17.2. The molecule has 1 aromatic heterocycles. The zero-order valence-electron chi connectivity index (χ0n) is 11.6. The van der Waals surface area contributed by atoms with Crippen molar-refractivity contribution in [2.45, 2.75) is 6.04 Å². The first-order valence-electron chi connectivity index (χ1n) is 6.73. The van der Waals surface area contributed by atoms with Crippen molar-refractivity contribution < 1.29 is 0 Å². The van der Waals surface area contributed by atoms with Crippen LogP contribution in [-0.4, -0.2) is 46.4 Å². The summed E-state index contributed by atoms with van der Waals surface area (Å²) in [7, 11) is 0. The molecule has 2 aliphatic heterocycles. The number of nitrogens with zero attached hydrogens (tertiary/aromatic N) is 5.